The zero-order valence-electron chi connectivity index (χ0n) is 9.62. The number of ether oxygens (including phenoxy) is 1. The van der Waals surface area contributed by atoms with E-state index in [0.29, 0.717) is 0 Å². The minimum absolute atomic E-state index is 0.00778. The van der Waals surface area contributed by atoms with Gasteiger partial charge in [-0.05, 0) is 24.7 Å². The standard InChI is InChI=1S/C12H20O2S/c1-3-5-7-15-9-10-8-11(6-4-2)14-12(10)13/h8,10H,3-7,9H2,1-2H3. The predicted molar refractivity (Wildman–Crippen MR) is 64.8 cm³/mol. The fourth-order valence-corrected chi connectivity index (χ4v) is 2.63. The highest BCUT2D eigenvalue weighted by Gasteiger charge is 2.26. The number of esters is 1. The van der Waals surface area contributed by atoms with Crippen molar-refractivity contribution in [2.24, 2.45) is 5.92 Å². The van der Waals surface area contributed by atoms with Crippen molar-refractivity contribution in [2.75, 3.05) is 11.5 Å². The third kappa shape index (κ3) is 4.29. The Hall–Kier alpha value is -0.440. The molecule has 0 saturated carbocycles. The minimum atomic E-state index is -0.0533. The monoisotopic (exact) mass is 228 g/mol. The summed E-state index contributed by atoms with van der Waals surface area (Å²) in [7, 11) is 0. The van der Waals surface area contributed by atoms with E-state index >= 15 is 0 Å². The van der Waals surface area contributed by atoms with Crippen molar-refractivity contribution >= 4 is 17.7 Å². The fraction of sp³-hybridized carbons (Fsp3) is 0.750. The summed E-state index contributed by atoms with van der Waals surface area (Å²) < 4.78 is 5.18. The molecule has 1 aliphatic heterocycles. The number of allylic oxidation sites excluding steroid dienone is 1. The van der Waals surface area contributed by atoms with E-state index < -0.39 is 0 Å². The molecule has 0 saturated heterocycles. The van der Waals surface area contributed by atoms with Crippen LogP contribution in [0.15, 0.2) is 11.8 Å². The summed E-state index contributed by atoms with van der Waals surface area (Å²) in [6.07, 6.45) is 6.39. The second-order valence-corrected chi connectivity index (χ2v) is 4.99. The molecule has 0 spiro atoms. The van der Waals surface area contributed by atoms with Gasteiger partial charge in [-0.1, -0.05) is 20.3 Å². The first-order valence-corrected chi connectivity index (χ1v) is 6.93. The molecule has 1 atom stereocenters. The van der Waals surface area contributed by atoms with Crippen LogP contribution in [0.25, 0.3) is 0 Å². The van der Waals surface area contributed by atoms with Crippen LogP contribution in [0.3, 0.4) is 0 Å². The number of carbonyl (C=O) groups is 1. The summed E-state index contributed by atoms with van der Waals surface area (Å²) in [6.45, 7) is 4.28. The molecular weight excluding hydrogens is 208 g/mol. The highest BCUT2D eigenvalue weighted by molar-refractivity contribution is 7.99. The third-order valence-corrected chi connectivity index (χ3v) is 3.53. The summed E-state index contributed by atoms with van der Waals surface area (Å²) in [4.78, 5) is 11.4. The molecule has 1 aliphatic rings. The van der Waals surface area contributed by atoms with Gasteiger partial charge in [0.25, 0.3) is 0 Å². The molecule has 0 aromatic rings. The van der Waals surface area contributed by atoms with Crippen molar-refractivity contribution in [1.82, 2.24) is 0 Å². The lowest BCUT2D eigenvalue weighted by atomic mass is 10.2. The maximum Gasteiger partial charge on any atom is 0.318 e. The van der Waals surface area contributed by atoms with Crippen LogP contribution in [0.4, 0.5) is 0 Å². The molecule has 1 rings (SSSR count). The van der Waals surface area contributed by atoms with E-state index in [0.717, 1.165) is 30.1 Å². The molecule has 1 heterocycles. The third-order valence-electron chi connectivity index (χ3n) is 2.36. The van der Waals surface area contributed by atoms with Gasteiger partial charge in [-0.15, -0.1) is 0 Å². The Morgan fingerprint density at radius 2 is 2.20 bits per heavy atom. The van der Waals surface area contributed by atoms with Gasteiger partial charge in [-0.2, -0.15) is 11.8 Å². The topological polar surface area (TPSA) is 26.3 Å². The summed E-state index contributed by atoms with van der Waals surface area (Å²) in [6, 6.07) is 0. The molecule has 0 N–H and O–H groups in total. The van der Waals surface area contributed by atoms with Crippen LogP contribution in [0.1, 0.15) is 39.5 Å². The second-order valence-electron chi connectivity index (χ2n) is 3.84. The van der Waals surface area contributed by atoms with Gasteiger partial charge in [0.05, 0.1) is 5.92 Å². The van der Waals surface area contributed by atoms with Crippen LogP contribution < -0.4 is 0 Å². The van der Waals surface area contributed by atoms with Crippen molar-refractivity contribution in [1.29, 1.82) is 0 Å². The summed E-state index contributed by atoms with van der Waals surface area (Å²) in [5.74, 6) is 2.86. The van der Waals surface area contributed by atoms with E-state index in [1.54, 1.807) is 0 Å². The van der Waals surface area contributed by atoms with Crippen molar-refractivity contribution < 1.29 is 9.53 Å². The van der Waals surface area contributed by atoms with Crippen LogP contribution in [0.2, 0.25) is 0 Å². The quantitative estimate of drug-likeness (QED) is 0.493. The molecule has 0 amide bonds. The van der Waals surface area contributed by atoms with Gasteiger partial charge < -0.3 is 4.74 Å². The van der Waals surface area contributed by atoms with Crippen LogP contribution in [-0.2, 0) is 9.53 Å². The molecule has 0 aliphatic carbocycles. The van der Waals surface area contributed by atoms with Gasteiger partial charge in [0.1, 0.15) is 5.76 Å². The highest BCUT2D eigenvalue weighted by Crippen LogP contribution is 2.24. The van der Waals surface area contributed by atoms with Crippen LogP contribution >= 0.6 is 11.8 Å². The van der Waals surface area contributed by atoms with Gasteiger partial charge in [-0.3, -0.25) is 4.79 Å². The number of unbranched alkanes of at least 4 members (excludes halogenated alkanes) is 1. The first kappa shape index (κ1) is 12.6. The summed E-state index contributed by atoms with van der Waals surface area (Å²) in [5.41, 5.74) is 0. The van der Waals surface area contributed by atoms with Crippen molar-refractivity contribution in [2.45, 2.75) is 39.5 Å². The second kappa shape index (κ2) is 6.94. The SMILES string of the molecule is CCCCSCC1C=C(CCC)OC1=O. The van der Waals surface area contributed by atoms with Crippen LogP contribution in [0.5, 0.6) is 0 Å². The molecule has 0 radical (unpaired) electrons. The zero-order chi connectivity index (χ0) is 11.1. The number of cyclic esters (lactones) is 1. The Kier molecular flexibility index (Phi) is 5.84. The van der Waals surface area contributed by atoms with E-state index in [1.165, 1.54) is 12.8 Å². The van der Waals surface area contributed by atoms with E-state index in [9.17, 15) is 4.79 Å². The molecular formula is C12H20O2S. The zero-order valence-corrected chi connectivity index (χ0v) is 10.4. The van der Waals surface area contributed by atoms with Gasteiger partial charge in [-0.25, -0.2) is 0 Å². The Labute approximate surface area is 96.5 Å². The van der Waals surface area contributed by atoms with Crippen LogP contribution in [0, 0.1) is 5.92 Å². The normalized spacial score (nSPS) is 20.3. The number of hydrogen-bond acceptors (Lipinski definition) is 3. The van der Waals surface area contributed by atoms with Gasteiger partial charge >= 0.3 is 5.97 Å². The molecule has 1 unspecified atom stereocenters. The molecule has 0 fully saturated rings. The molecule has 0 aromatic heterocycles. The maximum atomic E-state index is 11.4. The molecule has 86 valence electrons. The van der Waals surface area contributed by atoms with Gasteiger partial charge in [0, 0.05) is 12.2 Å². The molecule has 2 nitrogen and oxygen atoms in total. The van der Waals surface area contributed by atoms with Gasteiger partial charge in [0.15, 0.2) is 0 Å². The highest BCUT2D eigenvalue weighted by atomic mass is 32.2. The molecule has 3 heteroatoms. The largest absolute Gasteiger partial charge is 0.431 e. The Morgan fingerprint density at radius 3 is 2.87 bits per heavy atom. The first-order valence-electron chi connectivity index (χ1n) is 5.78. The van der Waals surface area contributed by atoms with Crippen LogP contribution in [-0.4, -0.2) is 17.5 Å². The molecule has 0 bridgehead atoms. The molecule has 15 heavy (non-hydrogen) atoms. The predicted octanol–water partition coefficient (Wildman–Crippen LogP) is 3.38. The van der Waals surface area contributed by atoms with E-state index in [-0.39, 0.29) is 11.9 Å². The van der Waals surface area contributed by atoms with E-state index in [4.69, 9.17) is 4.74 Å². The number of rotatable bonds is 7. The summed E-state index contributed by atoms with van der Waals surface area (Å²) in [5, 5.41) is 0. The Balaban J connectivity index is 2.25. The van der Waals surface area contributed by atoms with E-state index in [2.05, 4.69) is 13.8 Å². The Bertz CT molecular complexity index is 236. The molecule has 0 aromatic carbocycles. The number of carbonyl (C=O) groups excluding carboxylic acids is 1. The average molecular weight is 228 g/mol. The fourth-order valence-electron chi connectivity index (χ4n) is 1.48. The van der Waals surface area contributed by atoms with Crippen molar-refractivity contribution in [3.05, 3.63) is 11.8 Å². The van der Waals surface area contributed by atoms with Gasteiger partial charge in [0.2, 0.25) is 0 Å². The lowest BCUT2D eigenvalue weighted by molar-refractivity contribution is -0.139. The van der Waals surface area contributed by atoms with Crippen molar-refractivity contribution in [3.63, 3.8) is 0 Å². The smallest absolute Gasteiger partial charge is 0.318 e. The lowest BCUT2D eigenvalue weighted by Gasteiger charge is -2.03. The number of hydrogen-bond donors (Lipinski definition) is 0. The van der Waals surface area contributed by atoms with Crippen molar-refractivity contribution in [3.8, 4) is 0 Å². The lowest BCUT2D eigenvalue weighted by Crippen LogP contribution is -2.11. The summed E-state index contributed by atoms with van der Waals surface area (Å²) >= 11 is 1.85. The van der Waals surface area contributed by atoms with E-state index in [1.807, 2.05) is 17.8 Å². The Morgan fingerprint density at radius 1 is 1.40 bits per heavy atom. The maximum absolute atomic E-state index is 11.4. The first-order chi connectivity index (χ1) is 7.27. The number of thioether (sulfide) groups is 1. The minimum Gasteiger partial charge on any atom is -0.431 e. The average Bonchev–Trinajstić information content (AvgIpc) is 2.55.